The van der Waals surface area contributed by atoms with Crippen LogP contribution in [0.15, 0.2) is 39.8 Å². The minimum absolute atomic E-state index is 0.0724. The maximum atomic E-state index is 12.4. The molecule has 6 nitrogen and oxygen atoms in total. The van der Waals surface area contributed by atoms with E-state index in [0.29, 0.717) is 11.5 Å². The number of nitrogens with one attached hydrogen (secondary N) is 2. The number of nitrogens with zero attached hydrogens (tertiary/aromatic N) is 1. The molecule has 0 atom stereocenters. The van der Waals surface area contributed by atoms with Gasteiger partial charge in [-0.25, -0.2) is 19.2 Å². The summed E-state index contributed by atoms with van der Waals surface area (Å²) in [5, 5.41) is 0. The highest BCUT2D eigenvalue weighted by Crippen LogP contribution is 2.27. The molecule has 0 unspecified atom stereocenters. The summed E-state index contributed by atoms with van der Waals surface area (Å²) in [7, 11) is -3.69. The number of halogens is 1. The molecule has 8 heteroatoms. The third-order valence-corrected chi connectivity index (χ3v) is 4.72. The summed E-state index contributed by atoms with van der Waals surface area (Å²) in [5.41, 5.74) is 4.58. The topological polar surface area (TPSA) is 97.1 Å². The molecule has 0 fully saturated rings. The number of hydrogen-bond donors (Lipinski definition) is 3. The van der Waals surface area contributed by atoms with Gasteiger partial charge in [0.25, 0.3) is 10.0 Å². The summed E-state index contributed by atoms with van der Waals surface area (Å²) >= 11 is 3.38. The van der Waals surface area contributed by atoms with Gasteiger partial charge in [-0.1, -0.05) is 15.9 Å². The Kier molecular flexibility index (Phi) is 4.50. The zero-order chi connectivity index (χ0) is 15.6. The molecule has 0 spiro atoms. The van der Waals surface area contributed by atoms with Crippen molar-refractivity contribution in [2.45, 2.75) is 18.7 Å². The summed E-state index contributed by atoms with van der Waals surface area (Å²) in [4.78, 5) is 3.97. The number of hydrogen-bond acceptors (Lipinski definition) is 5. The van der Waals surface area contributed by atoms with Crippen molar-refractivity contribution < 1.29 is 8.42 Å². The van der Waals surface area contributed by atoms with Gasteiger partial charge in [0.15, 0.2) is 0 Å². The number of aryl methyl sites for hydroxylation is 2. The molecular weight excluding hydrogens is 356 g/mol. The molecule has 0 saturated carbocycles. The van der Waals surface area contributed by atoms with Gasteiger partial charge in [-0.05, 0) is 49.2 Å². The Balaban J connectivity index is 2.37. The summed E-state index contributed by atoms with van der Waals surface area (Å²) in [6.07, 6.45) is 1.25. The van der Waals surface area contributed by atoms with Gasteiger partial charge >= 0.3 is 0 Å². The Bertz CT molecular complexity index is 737. The molecule has 4 N–H and O–H groups in total. The van der Waals surface area contributed by atoms with Crippen molar-refractivity contribution in [2.24, 2.45) is 5.84 Å². The zero-order valence-electron chi connectivity index (χ0n) is 11.5. The Morgan fingerprint density at radius 3 is 2.29 bits per heavy atom. The molecule has 0 aliphatic heterocycles. The third-order valence-electron chi connectivity index (χ3n) is 2.93. The Labute approximate surface area is 131 Å². The average Bonchev–Trinajstić information content (AvgIpc) is 2.43. The lowest BCUT2D eigenvalue weighted by atomic mass is 10.1. The molecule has 0 radical (unpaired) electrons. The number of anilines is 2. The van der Waals surface area contributed by atoms with Crippen LogP contribution in [-0.2, 0) is 10.0 Å². The molecule has 0 aliphatic carbocycles. The van der Waals surface area contributed by atoms with Crippen LogP contribution in [0.25, 0.3) is 0 Å². The van der Waals surface area contributed by atoms with E-state index in [1.165, 1.54) is 18.3 Å². The minimum atomic E-state index is -3.69. The van der Waals surface area contributed by atoms with Crippen molar-refractivity contribution in [1.29, 1.82) is 0 Å². The molecule has 0 aliphatic rings. The first-order chi connectivity index (χ1) is 9.83. The molecule has 1 heterocycles. The predicted molar refractivity (Wildman–Crippen MR) is 86.5 cm³/mol. The van der Waals surface area contributed by atoms with E-state index in [4.69, 9.17) is 5.84 Å². The standard InChI is InChI=1S/C13H15BrN4O2S/c1-8-5-10(14)6-9(2)13(8)18-21(19,20)11-3-4-12(17-15)16-7-11/h3-7,18H,15H2,1-2H3,(H,16,17). The Hall–Kier alpha value is -1.64. The molecule has 1 aromatic heterocycles. The van der Waals surface area contributed by atoms with Crippen molar-refractivity contribution in [3.05, 3.63) is 46.1 Å². The van der Waals surface area contributed by atoms with Gasteiger partial charge in [-0.2, -0.15) is 0 Å². The molecule has 2 rings (SSSR count). The lowest BCUT2D eigenvalue weighted by Crippen LogP contribution is -2.15. The van der Waals surface area contributed by atoms with E-state index in [0.717, 1.165) is 15.6 Å². The number of nitrogens with two attached hydrogens (primary N) is 1. The lowest BCUT2D eigenvalue weighted by molar-refractivity contribution is 0.600. The highest BCUT2D eigenvalue weighted by Gasteiger charge is 2.17. The SMILES string of the molecule is Cc1cc(Br)cc(C)c1NS(=O)(=O)c1ccc(NN)nc1. The van der Waals surface area contributed by atoms with Crippen LogP contribution < -0.4 is 16.0 Å². The van der Waals surface area contributed by atoms with Gasteiger partial charge in [0, 0.05) is 10.7 Å². The van der Waals surface area contributed by atoms with Crippen molar-refractivity contribution in [3.8, 4) is 0 Å². The maximum Gasteiger partial charge on any atom is 0.263 e. The van der Waals surface area contributed by atoms with Crippen LogP contribution in [0.2, 0.25) is 0 Å². The van der Waals surface area contributed by atoms with E-state index >= 15 is 0 Å². The van der Waals surface area contributed by atoms with Gasteiger partial charge < -0.3 is 5.43 Å². The van der Waals surface area contributed by atoms with Crippen molar-refractivity contribution in [3.63, 3.8) is 0 Å². The van der Waals surface area contributed by atoms with Crippen LogP contribution in [-0.4, -0.2) is 13.4 Å². The average molecular weight is 371 g/mol. The summed E-state index contributed by atoms with van der Waals surface area (Å²) < 4.78 is 28.3. The number of pyridine rings is 1. The van der Waals surface area contributed by atoms with Gasteiger partial charge in [-0.15, -0.1) is 0 Å². The maximum absolute atomic E-state index is 12.4. The summed E-state index contributed by atoms with van der Waals surface area (Å²) in [5.74, 6) is 5.60. The fourth-order valence-electron chi connectivity index (χ4n) is 1.89. The highest BCUT2D eigenvalue weighted by molar-refractivity contribution is 9.10. The highest BCUT2D eigenvalue weighted by atomic mass is 79.9. The van der Waals surface area contributed by atoms with Crippen LogP contribution in [0, 0.1) is 13.8 Å². The van der Waals surface area contributed by atoms with E-state index < -0.39 is 10.0 Å². The van der Waals surface area contributed by atoms with Crippen LogP contribution in [0.5, 0.6) is 0 Å². The number of benzene rings is 1. The summed E-state index contributed by atoms with van der Waals surface area (Å²) in [6, 6.07) is 6.64. The third kappa shape index (κ3) is 3.52. The van der Waals surface area contributed by atoms with Crippen molar-refractivity contribution >= 4 is 37.5 Å². The smallest absolute Gasteiger partial charge is 0.263 e. The first-order valence-electron chi connectivity index (χ1n) is 6.06. The quantitative estimate of drug-likeness (QED) is 0.567. The second-order valence-corrected chi connectivity index (χ2v) is 7.14. The van der Waals surface area contributed by atoms with Crippen molar-refractivity contribution in [1.82, 2.24) is 4.98 Å². The lowest BCUT2D eigenvalue weighted by Gasteiger charge is -2.14. The first kappa shape index (κ1) is 15.7. The number of sulfonamides is 1. The second-order valence-electron chi connectivity index (χ2n) is 4.54. The predicted octanol–water partition coefficient (Wildman–Crippen LogP) is 2.55. The van der Waals surface area contributed by atoms with Crippen LogP contribution >= 0.6 is 15.9 Å². The Morgan fingerprint density at radius 1 is 1.19 bits per heavy atom. The fourth-order valence-corrected chi connectivity index (χ4v) is 3.72. The largest absolute Gasteiger partial charge is 0.308 e. The molecule has 2 aromatic rings. The molecule has 0 bridgehead atoms. The molecule has 112 valence electrons. The number of aromatic nitrogens is 1. The fraction of sp³-hybridized carbons (Fsp3) is 0.154. The van der Waals surface area contributed by atoms with Crippen LogP contribution in [0.4, 0.5) is 11.5 Å². The van der Waals surface area contributed by atoms with Gasteiger partial charge in [0.2, 0.25) is 0 Å². The van der Waals surface area contributed by atoms with E-state index in [1.807, 2.05) is 26.0 Å². The monoisotopic (exact) mass is 370 g/mol. The number of nitrogen functional groups attached to an aromatic ring is 1. The van der Waals surface area contributed by atoms with Crippen molar-refractivity contribution in [2.75, 3.05) is 10.1 Å². The number of rotatable bonds is 4. The molecule has 1 aromatic carbocycles. The normalized spacial score (nSPS) is 11.2. The van der Waals surface area contributed by atoms with Gasteiger partial charge in [-0.3, -0.25) is 4.72 Å². The molecule has 0 saturated heterocycles. The van der Waals surface area contributed by atoms with Crippen LogP contribution in [0.3, 0.4) is 0 Å². The zero-order valence-corrected chi connectivity index (χ0v) is 13.9. The Morgan fingerprint density at radius 2 is 1.81 bits per heavy atom. The van der Waals surface area contributed by atoms with Gasteiger partial charge in [0.1, 0.15) is 10.7 Å². The van der Waals surface area contributed by atoms with Crippen LogP contribution in [0.1, 0.15) is 11.1 Å². The van der Waals surface area contributed by atoms with E-state index in [1.54, 1.807) is 0 Å². The van der Waals surface area contributed by atoms with Gasteiger partial charge in [0.05, 0.1) is 5.69 Å². The van der Waals surface area contributed by atoms with E-state index in [2.05, 4.69) is 31.1 Å². The van der Waals surface area contributed by atoms with E-state index in [-0.39, 0.29) is 4.90 Å². The first-order valence-corrected chi connectivity index (χ1v) is 8.33. The number of hydrazine groups is 1. The molecule has 21 heavy (non-hydrogen) atoms. The van der Waals surface area contributed by atoms with E-state index in [9.17, 15) is 8.42 Å². The second kappa shape index (κ2) is 6.00. The minimum Gasteiger partial charge on any atom is -0.308 e. The molecule has 0 amide bonds. The summed E-state index contributed by atoms with van der Waals surface area (Å²) in [6.45, 7) is 3.69. The molecular formula is C13H15BrN4O2S.